The minimum absolute atomic E-state index is 0.0149. The summed E-state index contributed by atoms with van der Waals surface area (Å²) < 4.78 is 19.9. The molecule has 2 aromatic carbocycles. The van der Waals surface area contributed by atoms with Gasteiger partial charge in [-0.1, -0.05) is 55.1 Å². The number of nitrogens with one attached hydrogen (secondary N) is 2. The molecule has 0 saturated carbocycles. The second-order valence-corrected chi connectivity index (χ2v) is 9.84. The van der Waals surface area contributed by atoms with Gasteiger partial charge in [-0.15, -0.1) is 0 Å². The third-order valence-electron chi connectivity index (χ3n) is 7.24. The maximum Gasteiger partial charge on any atom is 0.251 e. The van der Waals surface area contributed by atoms with Gasteiger partial charge in [0.2, 0.25) is 0 Å². The van der Waals surface area contributed by atoms with Crippen molar-refractivity contribution in [1.82, 2.24) is 15.6 Å². The quantitative estimate of drug-likeness (QED) is 0.409. The van der Waals surface area contributed by atoms with Crippen LogP contribution >= 0.6 is 0 Å². The van der Waals surface area contributed by atoms with Crippen molar-refractivity contribution >= 4 is 17.4 Å². The molecule has 0 radical (unpaired) electrons. The predicted octanol–water partition coefficient (Wildman–Crippen LogP) is 4.12. The Kier molecular flexibility index (Phi) is 7.51. The van der Waals surface area contributed by atoms with Crippen LogP contribution in [-0.2, 0) is 11.3 Å². The molecule has 7 nitrogen and oxygen atoms in total. The van der Waals surface area contributed by atoms with Gasteiger partial charge in [0.25, 0.3) is 5.91 Å². The van der Waals surface area contributed by atoms with E-state index < -0.39 is 0 Å². The second-order valence-electron chi connectivity index (χ2n) is 9.84. The molecule has 1 aliphatic carbocycles. The van der Waals surface area contributed by atoms with Crippen LogP contribution in [0.5, 0.6) is 5.75 Å². The number of nitrogens with zero attached hydrogens (tertiary/aromatic N) is 2. The Hall–Kier alpha value is -4.04. The van der Waals surface area contributed by atoms with Crippen LogP contribution in [0.25, 0.3) is 0 Å². The van der Waals surface area contributed by atoms with E-state index in [-0.39, 0.29) is 35.5 Å². The van der Waals surface area contributed by atoms with Gasteiger partial charge in [-0.3, -0.25) is 14.5 Å². The standard InChI is InChI=1S/C30H31FN4O3/c1-3-38-28-8-4-7-26(31)25(28)18-35-15-5-6-23(17-35)32-30(37)22-13-14-27-24(16-22)29(34-33-27)21-11-9-20(10-12-21)19(2)36/h3-4,7-14,16,23-24,27,33H,1,5-6,15,17-18H2,2H3,(H,32,37)/t23-,24?,27?/m1/s1. The van der Waals surface area contributed by atoms with Crippen LogP contribution < -0.4 is 15.5 Å². The summed E-state index contributed by atoms with van der Waals surface area (Å²) in [6.45, 7) is 6.94. The average Bonchev–Trinajstić information content (AvgIpc) is 3.34. The molecule has 2 heterocycles. The number of carbonyl (C=O) groups excluding carboxylic acids is 2. The summed E-state index contributed by atoms with van der Waals surface area (Å²) in [5.74, 6) is -0.0681. The molecule has 2 aromatic rings. The first-order chi connectivity index (χ1) is 18.4. The molecule has 3 aliphatic rings. The molecule has 1 amide bonds. The first-order valence-corrected chi connectivity index (χ1v) is 12.9. The molecule has 2 N–H and O–H groups in total. The number of ketones is 1. The van der Waals surface area contributed by atoms with E-state index in [4.69, 9.17) is 4.74 Å². The first-order valence-electron chi connectivity index (χ1n) is 12.9. The number of benzene rings is 2. The Morgan fingerprint density at radius 2 is 2.08 bits per heavy atom. The maximum atomic E-state index is 14.5. The van der Waals surface area contributed by atoms with Crippen molar-refractivity contribution in [2.45, 2.75) is 38.4 Å². The number of ether oxygens (including phenoxy) is 1. The van der Waals surface area contributed by atoms with Crippen molar-refractivity contribution in [3.63, 3.8) is 0 Å². The highest BCUT2D eigenvalue weighted by Gasteiger charge is 2.33. The van der Waals surface area contributed by atoms with E-state index in [2.05, 4.69) is 27.3 Å². The lowest BCUT2D eigenvalue weighted by atomic mass is 9.85. The van der Waals surface area contributed by atoms with Crippen molar-refractivity contribution in [1.29, 1.82) is 0 Å². The summed E-state index contributed by atoms with van der Waals surface area (Å²) >= 11 is 0. The molecule has 0 aromatic heterocycles. The van der Waals surface area contributed by atoms with E-state index >= 15 is 0 Å². The van der Waals surface area contributed by atoms with Crippen molar-refractivity contribution in [3.05, 3.63) is 102 Å². The molecule has 196 valence electrons. The highest BCUT2D eigenvalue weighted by Crippen LogP contribution is 2.28. The molecule has 1 saturated heterocycles. The van der Waals surface area contributed by atoms with Gasteiger partial charge >= 0.3 is 0 Å². The number of fused-ring (bicyclic) bond motifs is 1. The van der Waals surface area contributed by atoms with Crippen LogP contribution in [0.1, 0.15) is 41.3 Å². The number of hydrazone groups is 1. The maximum absolute atomic E-state index is 14.5. The molecular formula is C30H31FN4O3. The molecule has 1 fully saturated rings. The van der Waals surface area contributed by atoms with Gasteiger partial charge in [0.05, 0.1) is 18.0 Å². The van der Waals surface area contributed by atoms with Crippen molar-refractivity contribution in [2.75, 3.05) is 13.1 Å². The van der Waals surface area contributed by atoms with Gasteiger partial charge < -0.3 is 15.5 Å². The summed E-state index contributed by atoms with van der Waals surface area (Å²) in [6.07, 6.45) is 8.80. The smallest absolute Gasteiger partial charge is 0.251 e. The minimum Gasteiger partial charge on any atom is -0.465 e. The van der Waals surface area contributed by atoms with Gasteiger partial charge in [0.15, 0.2) is 5.78 Å². The Morgan fingerprint density at radius 3 is 2.84 bits per heavy atom. The number of amides is 1. The molecule has 8 heteroatoms. The second kappa shape index (κ2) is 11.1. The van der Waals surface area contributed by atoms with Gasteiger partial charge in [0, 0.05) is 41.7 Å². The Labute approximate surface area is 221 Å². The van der Waals surface area contributed by atoms with Crippen LogP contribution in [0.2, 0.25) is 0 Å². The first kappa shape index (κ1) is 25.6. The van der Waals surface area contributed by atoms with Crippen LogP contribution in [0.15, 0.2) is 84.2 Å². The lowest BCUT2D eigenvalue weighted by Gasteiger charge is -2.33. The van der Waals surface area contributed by atoms with Crippen molar-refractivity contribution < 1.29 is 18.7 Å². The van der Waals surface area contributed by atoms with Gasteiger partial charge in [-0.05, 0) is 44.0 Å². The average molecular weight is 515 g/mol. The zero-order chi connectivity index (χ0) is 26.6. The SMILES string of the molecule is C=COc1cccc(F)c1CN1CCC[C@@H](NC(=O)C2=CC3C(c4ccc(C(C)=O)cc4)=NNC3C=C2)C1. The highest BCUT2D eigenvalue weighted by molar-refractivity contribution is 6.07. The van der Waals surface area contributed by atoms with Crippen LogP contribution in [-0.4, -0.2) is 47.5 Å². The number of likely N-dealkylation sites (tertiary alicyclic amines) is 1. The summed E-state index contributed by atoms with van der Waals surface area (Å²) in [5.41, 5.74) is 6.62. The monoisotopic (exact) mass is 514 g/mol. The van der Waals surface area contributed by atoms with E-state index in [1.54, 1.807) is 31.2 Å². The number of hydrogen-bond acceptors (Lipinski definition) is 6. The van der Waals surface area contributed by atoms with E-state index in [1.165, 1.54) is 12.3 Å². The van der Waals surface area contributed by atoms with E-state index in [0.29, 0.717) is 35.5 Å². The topological polar surface area (TPSA) is 83.0 Å². The van der Waals surface area contributed by atoms with Gasteiger partial charge in [-0.2, -0.15) is 5.10 Å². The van der Waals surface area contributed by atoms with Crippen LogP contribution in [0, 0.1) is 11.7 Å². The van der Waals surface area contributed by atoms with Crippen molar-refractivity contribution in [3.8, 4) is 5.75 Å². The van der Waals surface area contributed by atoms with Crippen molar-refractivity contribution in [2.24, 2.45) is 11.0 Å². The Balaban J connectivity index is 1.24. The highest BCUT2D eigenvalue weighted by atomic mass is 19.1. The zero-order valence-electron chi connectivity index (χ0n) is 21.3. The summed E-state index contributed by atoms with van der Waals surface area (Å²) in [6, 6.07) is 12.1. The van der Waals surface area contributed by atoms with E-state index in [1.807, 2.05) is 30.4 Å². The number of hydrogen-bond donors (Lipinski definition) is 2. The lowest BCUT2D eigenvalue weighted by molar-refractivity contribution is -0.118. The molecule has 0 bridgehead atoms. The normalized spacial score (nSPS) is 22.5. The summed E-state index contributed by atoms with van der Waals surface area (Å²) in [4.78, 5) is 27.0. The molecule has 2 aliphatic heterocycles. The van der Waals surface area contributed by atoms with Gasteiger partial charge in [-0.25, -0.2) is 4.39 Å². The fourth-order valence-electron chi connectivity index (χ4n) is 5.26. The Bertz CT molecular complexity index is 1330. The number of piperidine rings is 1. The molecule has 5 rings (SSSR count). The molecular weight excluding hydrogens is 483 g/mol. The number of carbonyl (C=O) groups is 2. The molecule has 2 unspecified atom stereocenters. The van der Waals surface area contributed by atoms with Gasteiger partial charge in [0.1, 0.15) is 11.6 Å². The fraction of sp³-hybridized carbons (Fsp3) is 0.300. The third kappa shape index (κ3) is 5.45. The molecule has 0 spiro atoms. The van der Waals surface area contributed by atoms with E-state index in [9.17, 15) is 14.0 Å². The fourth-order valence-corrected chi connectivity index (χ4v) is 5.26. The lowest BCUT2D eigenvalue weighted by Crippen LogP contribution is -2.48. The minimum atomic E-state index is -0.318. The third-order valence-corrected chi connectivity index (χ3v) is 7.24. The largest absolute Gasteiger partial charge is 0.465 e. The Morgan fingerprint density at radius 1 is 1.26 bits per heavy atom. The van der Waals surface area contributed by atoms with E-state index in [0.717, 1.165) is 30.7 Å². The predicted molar refractivity (Wildman–Crippen MR) is 144 cm³/mol. The zero-order valence-corrected chi connectivity index (χ0v) is 21.3. The number of rotatable bonds is 8. The summed E-state index contributed by atoms with van der Waals surface area (Å²) in [5, 5.41) is 7.69. The molecule has 3 atom stereocenters. The summed E-state index contributed by atoms with van der Waals surface area (Å²) in [7, 11) is 0. The number of halogens is 1. The number of Topliss-reactive ketones (excluding diaryl/α,β-unsaturated/α-hetero) is 1. The van der Waals surface area contributed by atoms with Crippen LogP contribution in [0.3, 0.4) is 0 Å². The van der Waals surface area contributed by atoms with Crippen LogP contribution in [0.4, 0.5) is 4.39 Å². The molecule has 38 heavy (non-hydrogen) atoms.